The summed E-state index contributed by atoms with van der Waals surface area (Å²) in [6.07, 6.45) is 0. The van der Waals surface area contributed by atoms with Gasteiger partial charge in [-0.15, -0.1) is 11.8 Å². The topological polar surface area (TPSA) is 25.2 Å². The minimum Gasteiger partial charge on any atom is -0.464 e. The summed E-state index contributed by atoms with van der Waals surface area (Å²) >= 11 is 7.95. The Morgan fingerprint density at radius 2 is 1.85 bits per heavy atom. The monoisotopic (exact) mass is 309 g/mol. The largest absolute Gasteiger partial charge is 0.464 e. The molecule has 1 aromatic carbocycles. The molecule has 2 rings (SSSR count). The Bertz CT molecular complexity index is 539. The molecule has 4 heteroatoms. The molecule has 2 nitrogen and oxygen atoms in total. The normalized spacial score (nSPS) is 11.2. The summed E-state index contributed by atoms with van der Waals surface area (Å²) in [5.74, 6) is 3.78. The first-order valence-electron chi connectivity index (χ1n) is 6.77. The summed E-state index contributed by atoms with van der Waals surface area (Å²) in [6.45, 7) is 5.04. The van der Waals surface area contributed by atoms with Crippen molar-refractivity contribution in [1.82, 2.24) is 5.32 Å². The molecule has 0 fully saturated rings. The second-order valence-corrected chi connectivity index (χ2v) is 6.38. The Morgan fingerprint density at radius 3 is 2.60 bits per heavy atom. The van der Waals surface area contributed by atoms with E-state index in [0.29, 0.717) is 6.04 Å². The van der Waals surface area contributed by atoms with Crippen LogP contribution in [0.25, 0.3) is 0 Å². The van der Waals surface area contributed by atoms with Gasteiger partial charge in [-0.25, -0.2) is 0 Å². The van der Waals surface area contributed by atoms with Crippen LogP contribution in [0.3, 0.4) is 0 Å². The van der Waals surface area contributed by atoms with Gasteiger partial charge < -0.3 is 9.73 Å². The zero-order valence-electron chi connectivity index (χ0n) is 11.9. The number of thioether (sulfide) groups is 1. The molecule has 108 valence electrons. The van der Waals surface area contributed by atoms with E-state index in [0.717, 1.165) is 34.6 Å². The highest BCUT2D eigenvalue weighted by Crippen LogP contribution is 2.24. The van der Waals surface area contributed by atoms with Crippen LogP contribution < -0.4 is 5.32 Å². The molecule has 0 saturated carbocycles. The highest BCUT2D eigenvalue weighted by molar-refractivity contribution is 7.97. The summed E-state index contributed by atoms with van der Waals surface area (Å²) in [4.78, 5) is 0. The second kappa shape index (κ2) is 7.77. The number of halogens is 1. The second-order valence-electron chi connectivity index (χ2n) is 4.99. The number of furan rings is 1. The van der Waals surface area contributed by atoms with E-state index in [1.54, 1.807) is 0 Å². The lowest BCUT2D eigenvalue weighted by molar-refractivity contribution is 0.445. The van der Waals surface area contributed by atoms with Gasteiger partial charge in [0.15, 0.2) is 0 Å². The van der Waals surface area contributed by atoms with Crippen LogP contribution >= 0.6 is 23.4 Å². The predicted octanol–water partition coefficient (Wildman–Crippen LogP) is 4.86. The van der Waals surface area contributed by atoms with Gasteiger partial charge >= 0.3 is 0 Å². The van der Waals surface area contributed by atoms with Gasteiger partial charge in [-0.05, 0) is 23.8 Å². The number of hydrogen-bond acceptors (Lipinski definition) is 3. The fraction of sp³-hybridized carbons (Fsp3) is 0.375. The zero-order valence-corrected chi connectivity index (χ0v) is 13.4. The molecule has 0 saturated heterocycles. The van der Waals surface area contributed by atoms with Gasteiger partial charge in [-0.2, -0.15) is 0 Å². The van der Waals surface area contributed by atoms with E-state index in [1.165, 1.54) is 5.56 Å². The molecule has 20 heavy (non-hydrogen) atoms. The van der Waals surface area contributed by atoms with E-state index in [4.69, 9.17) is 16.0 Å². The van der Waals surface area contributed by atoms with Crippen molar-refractivity contribution in [2.45, 2.75) is 37.9 Å². The molecular weight excluding hydrogens is 290 g/mol. The van der Waals surface area contributed by atoms with E-state index in [1.807, 2.05) is 36.0 Å². The van der Waals surface area contributed by atoms with Crippen molar-refractivity contribution in [1.29, 1.82) is 0 Å². The smallest absolute Gasteiger partial charge is 0.118 e. The Hall–Kier alpha value is -0.900. The average Bonchev–Trinajstić information content (AvgIpc) is 2.87. The molecule has 0 aliphatic heterocycles. The molecule has 0 aliphatic rings. The quantitative estimate of drug-likeness (QED) is 0.790. The molecule has 2 aromatic rings. The molecule has 1 heterocycles. The van der Waals surface area contributed by atoms with Crippen molar-refractivity contribution in [2.75, 3.05) is 0 Å². The van der Waals surface area contributed by atoms with Crippen LogP contribution in [0.5, 0.6) is 0 Å². The highest BCUT2D eigenvalue weighted by Gasteiger charge is 2.04. The van der Waals surface area contributed by atoms with Crippen LogP contribution in [0.15, 0.2) is 40.8 Å². The summed E-state index contributed by atoms with van der Waals surface area (Å²) < 4.78 is 5.79. The number of benzene rings is 1. The lowest BCUT2D eigenvalue weighted by Gasteiger charge is -2.05. The van der Waals surface area contributed by atoms with Crippen LogP contribution in [0.1, 0.15) is 30.9 Å². The first-order valence-corrected chi connectivity index (χ1v) is 8.30. The number of hydrogen-bond donors (Lipinski definition) is 1. The van der Waals surface area contributed by atoms with Crippen molar-refractivity contribution >= 4 is 23.4 Å². The van der Waals surface area contributed by atoms with Gasteiger partial charge in [0.05, 0.1) is 12.3 Å². The van der Waals surface area contributed by atoms with Gasteiger partial charge in [0.1, 0.15) is 11.5 Å². The fourth-order valence-corrected chi connectivity index (χ4v) is 2.99. The fourth-order valence-electron chi connectivity index (χ4n) is 1.78. The molecule has 1 N–H and O–H groups in total. The zero-order chi connectivity index (χ0) is 14.4. The number of nitrogens with one attached hydrogen (secondary N) is 1. The first-order chi connectivity index (χ1) is 9.65. The minimum atomic E-state index is 0.471. The SMILES string of the molecule is CC(C)NCc1ccc(CSCc2ccccc2Cl)o1. The lowest BCUT2D eigenvalue weighted by atomic mass is 10.2. The van der Waals surface area contributed by atoms with E-state index in [-0.39, 0.29) is 0 Å². The summed E-state index contributed by atoms with van der Waals surface area (Å²) in [5.41, 5.74) is 1.17. The number of rotatable bonds is 7. The van der Waals surface area contributed by atoms with E-state index >= 15 is 0 Å². The third kappa shape index (κ3) is 4.89. The first kappa shape index (κ1) is 15.5. The molecule has 0 unspecified atom stereocenters. The lowest BCUT2D eigenvalue weighted by Crippen LogP contribution is -2.21. The van der Waals surface area contributed by atoms with Crippen LogP contribution in [0.2, 0.25) is 5.02 Å². The molecular formula is C16H20ClNOS. The third-order valence-corrected chi connectivity index (χ3v) is 4.23. The van der Waals surface area contributed by atoms with Crippen LogP contribution in [0, 0.1) is 0 Å². The molecule has 0 bridgehead atoms. The van der Waals surface area contributed by atoms with E-state index in [9.17, 15) is 0 Å². The standard InChI is InChI=1S/C16H20ClNOS/c1-12(2)18-9-14-7-8-15(19-14)11-20-10-13-5-3-4-6-16(13)17/h3-8,12,18H,9-11H2,1-2H3. The summed E-state index contributed by atoms with van der Waals surface area (Å²) in [7, 11) is 0. The Morgan fingerprint density at radius 1 is 1.10 bits per heavy atom. The Kier molecular flexibility index (Phi) is 6.02. The van der Waals surface area contributed by atoms with Crippen molar-refractivity contribution in [2.24, 2.45) is 0 Å². The molecule has 0 spiro atoms. The molecule has 0 atom stereocenters. The maximum atomic E-state index is 6.14. The molecule has 0 amide bonds. The van der Waals surface area contributed by atoms with E-state index < -0.39 is 0 Å². The Labute approximate surface area is 129 Å². The highest BCUT2D eigenvalue weighted by atomic mass is 35.5. The van der Waals surface area contributed by atoms with Crippen molar-refractivity contribution in [3.8, 4) is 0 Å². The van der Waals surface area contributed by atoms with Crippen LogP contribution in [-0.4, -0.2) is 6.04 Å². The molecule has 1 aromatic heterocycles. The maximum absolute atomic E-state index is 6.14. The summed E-state index contributed by atoms with van der Waals surface area (Å²) in [6, 6.07) is 12.5. The van der Waals surface area contributed by atoms with Gasteiger partial charge in [-0.1, -0.05) is 43.6 Å². The predicted molar refractivity (Wildman–Crippen MR) is 87.1 cm³/mol. The minimum absolute atomic E-state index is 0.471. The van der Waals surface area contributed by atoms with Gasteiger partial charge in [-0.3, -0.25) is 0 Å². The van der Waals surface area contributed by atoms with Crippen molar-refractivity contribution in [3.63, 3.8) is 0 Å². The van der Waals surface area contributed by atoms with Crippen LogP contribution in [-0.2, 0) is 18.1 Å². The maximum Gasteiger partial charge on any atom is 0.118 e. The molecule has 0 aliphatic carbocycles. The average molecular weight is 310 g/mol. The van der Waals surface area contributed by atoms with Crippen molar-refractivity contribution in [3.05, 3.63) is 58.5 Å². The van der Waals surface area contributed by atoms with Gasteiger partial charge in [0.25, 0.3) is 0 Å². The van der Waals surface area contributed by atoms with Gasteiger partial charge in [0.2, 0.25) is 0 Å². The summed E-state index contributed by atoms with van der Waals surface area (Å²) in [5, 5.41) is 4.18. The van der Waals surface area contributed by atoms with E-state index in [2.05, 4.69) is 31.3 Å². The third-order valence-electron chi connectivity index (χ3n) is 2.86. The van der Waals surface area contributed by atoms with Crippen LogP contribution in [0.4, 0.5) is 0 Å². The van der Waals surface area contributed by atoms with Crippen molar-refractivity contribution < 1.29 is 4.42 Å². The molecule has 0 radical (unpaired) electrons. The van der Waals surface area contributed by atoms with Gasteiger partial charge in [0, 0.05) is 16.8 Å². The Balaban J connectivity index is 1.78.